The lowest BCUT2D eigenvalue weighted by molar-refractivity contribution is 0.0921. The van der Waals surface area contributed by atoms with Crippen molar-refractivity contribution in [1.82, 2.24) is 9.62 Å². The first-order valence-corrected chi connectivity index (χ1v) is 11.0. The van der Waals surface area contributed by atoms with Gasteiger partial charge in [-0.3, -0.25) is 9.00 Å². The number of nitrogens with one attached hydrogen (secondary N) is 1. The molecule has 2 atom stereocenters. The molecule has 1 N–H and O–H groups in total. The quantitative estimate of drug-likeness (QED) is 0.841. The van der Waals surface area contributed by atoms with Crippen LogP contribution >= 0.6 is 0 Å². The number of amides is 1. The summed E-state index contributed by atoms with van der Waals surface area (Å²) in [5.74, 6) is 0.181. The minimum absolute atomic E-state index is 0.185. The van der Waals surface area contributed by atoms with Crippen LogP contribution in [0.2, 0.25) is 0 Å². The molecular weight excluding hydrogens is 336 g/mol. The summed E-state index contributed by atoms with van der Waals surface area (Å²) < 4.78 is 35.9. The first kappa shape index (κ1) is 18.1. The number of hydrogen-bond donors (Lipinski definition) is 1. The smallest absolute Gasteiger partial charge is 0.251 e. The normalized spacial score (nSPS) is 20.9. The minimum atomic E-state index is -3.23. The fourth-order valence-corrected chi connectivity index (χ4v) is 4.23. The van der Waals surface area contributed by atoms with Gasteiger partial charge in [-0.15, -0.1) is 0 Å². The molecule has 6 nitrogen and oxygen atoms in total. The van der Waals surface area contributed by atoms with Crippen molar-refractivity contribution in [2.24, 2.45) is 0 Å². The Balaban J connectivity index is 2.03. The van der Waals surface area contributed by atoms with E-state index in [1.807, 2.05) is 6.07 Å². The van der Waals surface area contributed by atoms with Crippen LogP contribution in [-0.2, 0) is 26.6 Å². The maximum absolute atomic E-state index is 12.4. The lowest BCUT2D eigenvalue weighted by Gasteiger charge is -2.31. The number of benzene rings is 1. The van der Waals surface area contributed by atoms with Crippen LogP contribution in [0.1, 0.15) is 28.8 Å². The third-order valence-electron chi connectivity index (χ3n) is 3.75. The van der Waals surface area contributed by atoms with Crippen molar-refractivity contribution < 1.29 is 17.4 Å². The van der Waals surface area contributed by atoms with E-state index >= 15 is 0 Å². The molecule has 2 rings (SSSR count). The summed E-state index contributed by atoms with van der Waals surface area (Å²) in [7, 11) is -4.20. The van der Waals surface area contributed by atoms with Crippen LogP contribution in [0.3, 0.4) is 0 Å². The van der Waals surface area contributed by atoms with Crippen LogP contribution < -0.4 is 5.32 Å². The first-order chi connectivity index (χ1) is 10.8. The molecule has 0 aromatic heterocycles. The van der Waals surface area contributed by atoms with Gasteiger partial charge in [0.05, 0.1) is 6.26 Å². The van der Waals surface area contributed by atoms with Crippen molar-refractivity contribution in [2.45, 2.75) is 24.6 Å². The van der Waals surface area contributed by atoms with Crippen molar-refractivity contribution in [1.29, 1.82) is 0 Å². The molecule has 1 heterocycles. The Morgan fingerprint density at radius 1 is 1.43 bits per heavy atom. The molecule has 1 amide bonds. The molecule has 0 bridgehead atoms. The van der Waals surface area contributed by atoms with Crippen LogP contribution in [0.4, 0.5) is 0 Å². The summed E-state index contributed by atoms with van der Waals surface area (Å²) >= 11 is 0. The molecule has 1 aromatic rings. The van der Waals surface area contributed by atoms with E-state index in [0.29, 0.717) is 24.4 Å². The van der Waals surface area contributed by atoms with Crippen molar-refractivity contribution in [3.63, 3.8) is 0 Å². The van der Waals surface area contributed by atoms with E-state index in [9.17, 15) is 17.4 Å². The maximum atomic E-state index is 12.4. The SMILES string of the molecule is C[S@](=O)Cc1cccc(C(=O)N[C@H]2CCCN(S(C)(=O)=O)C2)c1. The number of piperidine rings is 1. The zero-order valence-electron chi connectivity index (χ0n) is 13.3. The summed E-state index contributed by atoms with van der Waals surface area (Å²) in [5, 5.41) is 2.90. The van der Waals surface area contributed by atoms with E-state index in [0.717, 1.165) is 18.4 Å². The Kier molecular flexibility index (Phi) is 5.94. The van der Waals surface area contributed by atoms with Gasteiger partial charge in [0, 0.05) is 47.5 Å². The molecule has 0 saturated carbocycles. The zero-order valence-corrected chi connectivity index (χ0v) is 15.0. The molecule has 1 aromatic carbocycles. The highest BCUT2D eigenvalue weighted by molar-refractivity contribution is 7.88. The third kappa shape index (κ3) is 5.40. The fraction of sp³-hybridized carbons (Fsp3) is 0.533. The largest absolute Gasteiger partial charge is 0.348 e. The van der Waals surface area contributed by atoms with Gasteiger partial charge in [-0.25, -0.2) is 12.7 Å². The number of rotatable bonds is 5. The highest BCUT2D eigenvalue weighted by Crippen LogP contribution is 2.14. The molecule has 0 unspecified atom stereocenters. The Labute approximate surface area is 139 Å². The van der Waals surface area contributed by atoms with Crippen LogP contribution in [-0.4, -0.2) is 54.5 Å². The molecule has 0 aliphatic carbocycles. The maximum Gasteiger partial charge on any atom is 0.251 e. The molecular formula is C15H22N2O4S2. The lowest BCUT2D eigenvalue weighted by atomic mass is 10.1. The van der Waals surface area contributed by atoms with Crippen molar-refractivity contribution in [3.05, 3.63) is 35.4 Å². The van der Waals surface area contributed by atoms with Crippen LogP contribution in [0.15, 0.2) is 24.3 Å². The van der Waals surface area contributed by atoms with E-state index in [2.05, 4.69) is 5.32 Å². The predicted octanol–water partition coefficient (Wildman–Crippen LogP) is 0.719. The standard InChI is InChI=1S/C15H22N2O4S2/c1-22(19)11-12-5-3-6-13(9-12)15(18)16-14-7-4-8-17(10-14)23(2,20)21/h3,5-6,9,14H,4,7-8,10-11H2,1-2H3,(H,16,18)/t14-,22-/m0/s1. The van der Waals surface area contributed by atoms with Gasteiger partial charge in [-0.05, 0) is 30.5 Å². The van der Waals surface area contributed by atoms with Crippen molar-refractivity contribution in [3.8, 4) is 0 Å². The van der Waals surface area contributed by atoms with E-state index < -0.39 is 20.8 Å². The molecule has 1 fully saturated rings. The number of sulfonamides is 1. The van der Waals surface area contributed by atoms with Gasteiger partial charge in [0.2, 0.25) is 10.0 Å². The van der Waals surface area contributed by atoms with Gasteiger partial charge in [0.25, 0.3) is 5.91 Å². The minimum Gasteiger partial charge on any atom is -0.348 e. The summed E-state index contributed by atoms with van der Waals surface area (Å²) in [6.07, 6.45) is 4.30. The summed E-state index contributed by atoms with van der Waals surface area (Å²) in [6, 6.07) is 6.85. The highest BCUT2D eigenvalue weighted by Gasteiger charge is 2.27. The average Bonchev–Trinajstić information content (AvgIpc) is 2.46. The Morgan fingerprint density at radius 3 is 2.83 bits per heavy atom. The third-order valence-corrected chi connectivity index (χ3v) is 5.76. The van der Waals surface area contributed by atoms with Crippen LogP contribution in [0, 0.1) is 0 Å². The lowest BCUT2D eigenvalue weighted by Crippen LogP contribution is -2.49. The number of carbonyl (C=O) groups is 1. The number of carbonyl (C=O) groups excluding carboxylic acids is 1. The van der Waals surface area contributed by atoms with Crippen molar-refractivity contribution >= 4 is 26.7 Å². The zero-order chi connectivity index (χ0) is 17.0. The molecule has 8 heteroatoms. The van der Waals surface area contributed by atoms with E-state index in [1.54, 1.807) is 24.5 Å². The summed E-state index contributed by atoms with van der Waals surface area (Å²) in [5.41, 5.74) is 1.35. The molecule has 0 spiro atoms. The van der Waals surface area contributed by atoms with Crippen LogP contribution in [0.25, 0.3) is 0 Å². The van der Waals surface area contributed by atoms with Gasteiger partial charge < -0.3 is 5.32 Å². The number of nitrogens with zero attached hydrogens (tertiary/aromatic N) is 1. The molecule has 128 valence electrons. The average molecular weight is 358 g/mol. The Bertz CT molecular complexity index is 703. The van der Waals surface area contributed by atoms with E-state index in [4.69, 9.17) is 0 Å². The molecule has 1 saturated heterocycles. The first-order valence-electron chi connectivity index (χ1n) is 7.40. The van der Waals surface area contributed by atoms with Gasteiger partial charge in [0.15, 0.2) is 0 Å². The highest BCUT2D eigenvalue weighted by atomic mass is 32.2. The van der Waals surface area contributed by atoms with Gasteiger partial charge in [0.1, 0.15) is 0 Å². The predicted molar refractivity (Wildman–Crippen MR) is 91.1 cm³/mol. The second-order valence-corrected chi connectivity index (χ2v) is 9.27. The van der Waals surface area contributed by atoms with Crippen LogP contribution in [0.5, 0.6) is 0 Å². The summed E-state index contributed by atoms with van der Waals surface area (Å²) in [4.78, 5) is 12.4. The number of hydrogen-bond acceptors (Lipinski definition) is 4. The molecule has 1 aliphatic rings. The second kappa shape index (κ2) is 7.55. The Hall–Kier alpha value is -1.25. The molecule has 23 heavy (non-hydrogen) atoms. The topological polar surface area (TPSA) is 83.6 Å². The molecule has 0 radical (unpaired) electrons. The Morgan fingerprint density at radius 2 is 2.17 bits per heavy atom. The van der Waals surface area contributed by atoms with E-state index in [1.165, 1.54) is 10.6 Å². The van der Waals surface area contributed by atoms with Crippen molar-refractivity contribution in [2.75, 3.05) is 25.6 Å². The second-order valence-electron chi connectivity index (χ2n) is 5.85. The van der Waals surface area contributed by atoms with Gasteiger partial charge in [-0.1, -0.05) is 12.1 Å². The fourth-order valence-electron chi connectivity index (χ4n) is 2.67. The monoisotopic (exact) mass is 358 g/mol. The van der Waals surface area contributed by atoms with E-state index in [-0.39, 0.29) is 11.9 Å². The summed E-state index contributed by atoms with van der Waals surface area (Å²) in [6.45, 7) is 0.812. The van der Waals surface area contributed by atoms with Gasteiger partial charge >= 0.3 is 0 Å². The molecule has 1 aliphatic heterocycles. The van der Waals surface area contributed by atoms with Gasteiger partial charge in [-0.2, -0.15) is 0 Å².